The Morgan fingerprint density at radius 2 is 2.08 bits per heavy atom. The summed E-state index contributed by atoms with van der Waals surface area (Å²) in [5.41, 5.74) is 0. The van der Waals surface area contributed by atoms with Crippen molar-refractivity contribution >= 4 is 5.97 Å². The van der Waals surface area contributed by atoms with Crippen LogP contribution in [0.2, 0.25) is 0 Å². The summed E-state index contributed by atoms with van der Waals surface area (Å²) >= 11 is 0. The first kappa shape index (κ1) is 10.5. The van der Waals surface area contributed by atoms with Gasteiger partial charge in [-0.1, -0.05) is 13.8 Å². The largest absolute Gasteiger partial charge is 0.481 e. The Morgan fingerprint density at radius 1 is 1.46 bits per heavy atom. The molecule has 1 rings (SSSR count). The molecule has 0 radical (unpaired) electrons. The Labute approximate surface area is 79.5 Å². The monoisotopic (exact) mass is 185 g/mol. The van der Waals surface area contributed by atoms with E-state index >= 15 is 0 Å². The topological polar surface area (TPSA) is 49.3 Å². The first-order valence-electron chi connectivity index (χ1n) is 5.02. The second-order valence-corrected chi connectivity index (χ2v) is 4.41. The zero-order chi connectivity index (χ0) is 9.84. The molecule has 1 aliphatic rings. The van der Waals surface area contributed by atoms with E-state index in [1.165, 1.54) is 0 Å². The predicted octanol–water partition coefficient (Wildman–Crippen LogP) is 1.34. The molecule has 1 aliphatic heterocycles. The maximum atomic E-state index is 10.6. The Morgan fingerprint density at radius 3 is 2.62 bits per heavy atom. The lowest BCUT2D eigenvalue weighted by atomic mass is 9.86. The van der Waals surface area contributed by atoms with Gasteiger partial charge in [0.05, 0.1) is 0 Å². The summed E-state index contributed by atoms with van der Waals surface area (Å²) in [6, 6.07) is 0. The zero-order valence-corrected chi connectivity index (χ0v) is 8.42. The molecule has 2 unspecified atom stereocenters. The van der Waals surface area contributed by atoms with Crippen LogP contribution in [0.25, 0.3) is 0 Å². The molecule has 3 nitrogen and oxygen atoms in total. The lowest BCUT2D eigenvalue weighted by Crippen LogP contribution is -2.18. The van der Waals surface area contributed by atoms with Crippen LogP contribution in [0.15, 0.2) is 0 Å². The van der Waals surface area contributed by atoms with Crippen molar-refractivity contribution in [3.8, 4) is 0 Å². The molecule has 0 aliphatic carbocycles. The quantitative estimate of drug-likeness (QED) is 0.695. The van der Waals surface area contributed by atoms with Crippen LogP contribution < -0.4 is 5.32 Å². The van der Waals surface area contributed by atoms with Crippen molar-refractivity contribution in [2.24, 2.45) is 17.8 Å². The highest BCUT2D eigenvalue weighted by atomic mass is 16.4. The Hall–Kier alpha value is -0.570. The summed E-state index contributed by atoms with van der Waals surface area (Å²) < 4.78 is 0. The summed E-state index contributed by atoms with van der Waals surface area (Å²) in [7, 11) is 0. The van der Waals surface area contributed by atoms with Crippen LogP contribution in [-0.2, 0) is 4.79 Å². The molecule has 2 N–H and O–H groups in total. The molecule has 1 saturated heterocycles. The number of carbonyl (C=O) groups is 1. The molecule has 0 bridgehead atoms. The van der Waals surface area contributed by atoms with Crippen LogP contribution in [-0.4, -0.2) is 24.2 Å². The minimum absolute atomic E-state index is 0.324. The van der Waals surface area contributed by atoms with E-state index in [-0.39, 0.29) is 0 Å². The summed E-state index contributed by atoms with van der Waals surface area (Å²) in [5.74, 6) is 0.916. The third-order valence-corrected chi connectivity index (χ3v) is 2.69. The van der Waals surface area contributed by atoms with E-state index in [4.69, 9.17) is 5.11 Å². The number of carboxylic acids is 1. The first-order chi connectivity index (χ1) is 6.09. The van der Waals surface area contributed by atoms with Gasteiger partial charge in [0.25, 0.3) is 0 Å². The molecule has 3 heteroatoms. The van der Waals surface area contributed by atoms with Gasteiger partial charge in [0.2, 0.25) is 0 Å². The molecule has 0 spiro atoms. The maximum absolute atomic E-state index is 10.6. The van der Waals surface area contributed by atoms with Gasteiger partial charge < -0.3 is 10.4 Å². The fourth-order valence-corrected chi connectivity index (χ4v) is 2.13. The highest BCUT2D eigenvalue weighted by Crippen LogP contribution is 2.26. The van der Waals surface area contributed by atoms with Crippen molar-refractivity contribution in [2.75, 3.05) is 13.1 Å². The number of hydrogen-bond donors (Lipinski definition) is 2. The molecule has 76 valence electrons. The van der Waals surface area contributed by atoms with Gasteiger partial charge in [-0.2, -0.15) is 0 Å². The van der Waals surface area contributed by atoms with Crippen LogP contribution >= 0.6 is 0 Å². The molecular formula is C10H19NO2. The van der Waals surface area contributed by atoms with Gasteiger partial charge in [0, 0.05) is 6.42 Å². The highest BCUT2D eigenvalue weighted by Gasteiger charge is 2.28. The average molecular weight is 185 g/mol. The van der Waals surface area contributed by atoms with E-state index in [1.807, 2.05) is 0 Å². The maximum Gasteiger partial charge on any atom is 0.303 e. The van der Waals surface area contributed by atoms with E-state index in [0.717, 1.165) is 19.5 Å². The van der Waals surface area contributed by atoms with Gasteiger partial charge in [-0.3, -0.25) is 4.79 Å². The van der Waals surface area contributed by atoms with E-state index in [2.05, 4.69) is 19.2 Å². The molecule has 0 saturated carbocycles. The van der Waals surface area contributed by atoms with Gasteiger partial charge in [-0.05, 0) is 37.3 Å². The lowest BCUT2D eigenvalue weighted by molar-refractivity contribution is -0.138. The number of nitrogens with one attached hydrogen (secondary N) is 1. The third kappa shape index (κ3) is 3.35. The van der Waals surface area contributed by atoms with E-state index in [0.29, 0.717) is 24.2 Å². The smallest absolute Gasteiger partial charge is 0.303 e. The fourth-order valence-electron chi connectivity index (χ4n) is 2.13. The molecule has 2 atom stereocenters. The first-order valence-corrected chi connectivity index (χ1v) is 5.02. The molecule has 0 aromatic rings. The number of carboxylic acid groups (broad SMARTS) is 1. The summed E-state index contributed by atoms with van der Waals surface area (Å²) in [4.78, 5) is 10.6. The van der Waals surface area contributed by atoms with Crippen molar-refractivity contribution < 1.29 is 9.90 Å². The van der Waals surface area contributed by atoms with Gasteiger partial charge >= 0.3 is 5.97 Å². The second kappa shape index (κ2) is 4.61. The van der Waals surface area contributed by atoms with Crippen molar-refractivity contribution in [3.63, 3.8) is 0 Å². The Bertz CT molecular complexity index is 180. The minimum atomic E-state index is -0.664. The third-order valence-electron chi connectivity index (χ3n) is 2.69. The summed E-state index contributed by atoms with van der Waals surface area (Å²) in [6.45, 7) is 6.26. The van der Waals surface area contributed by atoms with Crippen molar-refractivity contribution in [2.45, 2.75) is 26.7 Å². The van der Waals surface area contributed by atoms with Gasteiger partial charge in [-0.15, -0.1) is 0 Å². The van der Waals surface area contributed by atoms with Crippen LogP contribution in [0.5, 0.6) is 0 Å². The lowest BCUT2D eigenvalue weighted by Gasteiger charge is -2.18. The summed E-state index contributed by atoms with van der Waals surface area (Å²) in [6.07, 6.45) is 1.47. The van der Waals surface area contributed by atoms with E-state index < -0.39 is 5.97 Å². The molecule has 0 aromatic carbocycles. The summed E-state index contributed by atoms with van der Waals surface area (Å²) in [5, 5.41) is 12.0. The van der Waals surface area contributed by atoms with Crippen LogP contribution in [0, 0.1) is 17.8 Å². The number of aliphatic carboxylic acids is 1. The molecule has 0 amide bonds. The second-order valence-electron chi connectivity index (χ2n) is 4.41. The highest BCUT2D eigenvalue weighted by molar-refractivity contribution is 5.67. The van der Waals surface area contributed by atoms with E-state index in [9.17, 15) is 4.79 Å². The normalized spacial score (nSPS) is 28.2. The van der Waals surface area contributed by atoms with Crippen molar-refractivity contribution in [1.29, 1.82) is 0 Å². The molecule has 13 heavy (non-hydrogen) atoms. The fraction of sp³-hybridized carbons (Fsp3) is 0.900. The number of rotatable bonds is 4. The van der Waals surface area contributed by atoms with E-state index in [1.54, 1.807) is 0 Å². The molecular weight excluding hydrogens is 166 g/mol. The van der Waals surface area contributed by atoms with Crippen LogP contribution in [0.4, 0.5) is 0 Å². The van der Waals surface area contributed by atoms with Crippen molar-refractivity contribution in [3.05, 3.63) is 0 Å². The van der Waals surface area contributed by atoms with Gasteiger partial charge in [0.1, 0.15) is 0 Å². The van der Waals surface area contributed by atoms with Crippen molar-refractivity contribution in [1.82, 2.24) is 5.32 Å². The SMILES string of the molecule is CC(C)CC1CNCC1CC(=O)O. The van der Waals surface area contributed by atoms with Crippen LogP contribution in [0.3, 0.4) is 0 Å². The predicted molar refractivity (Wildman–Crippen MR) is 51.6 cm³/mol. The molecule has 0 aromatic heterocycles. The molecule has 1 fully saturated rings. The number of hydrogen-bond acceptors (Lipinski definition) is 2. The van der Waals surface area contributed by atoms with Gasteiger partial charge in [-0.25, -0.2) is 0 Å². The van der Waals surface area contributed by atoms with Crippen LogP contribution in [0.1, 0.15) is 26.7 Å². The zero-order valence-electron chi connectivity index (χ0n) is 8.42. The average Bonchev–Trinajstić information content (AvgIpc) is 2.34. The standard InChI is InChI=1S/C10H19NO2/c1-7(2)3-8-5-11-6-9(8)4-10(12)13/h7-9,11H,3-6H2,1-2H3,(H,12,13). The Kier molecular flexibility index (Phi) is 3.72. The minimum Gasteiger partial charge on any atom is -0.481 e. The Balaban J connectivity index is 2.39. The van der Waals surface area contributed by atoms with Gasteiger partial charge in [0.15, 0.2) is 0 Å². The molecule has 1 heterocycles.